The Morgan fingerprint density at radius 2 is 0.759 bits per heavy atom. The summed E-state index contributed by atoms with van der Waals surface area (Å²) in [5.41, 5.74) is 2.61. The van der Waals surface area contributed by atoms with Crippen LogP contribution in [0.3, 0.4) is 0 Å². The minimum atomic E-state index is -0.174. The van der Waals surface area contributed by atoms with Crippen LogP contribution in [-0.2, 0) is 41.5 Å². The maximum atomic E-state index is 6.56. The monoisotopic (exact) mass is 721 g/mol. The van der Waals surface area contributed by atoms with Crippen molar-refractivity contribution < 1.29 is 28.4 Å². The topological polar surface area (TPSA) is 58.6 Å². The van der Waals surface area contributed by atoms with E-state index in [1.165, 1.54) is 75.8 Å². The van der Waals surface area contributed by atoms with Crippen molar-refractivity contribution >= 4 is 64.6 Å². The summed E-state index contributed by atoms with van der Waals surface area (Å²) >= 11 is 0. The Balaban J connectivity index is 1.05. The van der Waals surface area contributed by atoms with Crippen molar-refractivity contribution in [2.24, 2.45) is 0 Å². The van der Waals surface area contributed by atoms with Crippen LogP contribution in [0.1, 0.15) is 11.1 Å². The Bertz CT molecular complexity index is 2260. The average molecular weight is 722 g/mol. The van der Waals surface area contributed by atoms with Crippen molar-refractivity contribution in [3.8, 4) is 0 Å². The molecule has 8 aromatic rings. The third-order valence-electron chi connectivity index (χ3n) is 10.9. The van der Waals surface area contributed by atoms with Crippen molar-refractivity contribution in [3.05, 3.63) is 120 Å². The molecule has 0 aliphatic carbocycles. The van der Waals surface area contributed by atoms with Gasteiger partial charge in [0.15, 0.2) is 0 Å². The minimum absolute atomic E-state index is 0.174. The molecular formula is C47H47NO6. The highest BCUT2D eigenvalue weighted by atomic mass is 16.6. The zero-order chi connectivity index (χ0) is 36.1. The first-order valence-corrected chi connectivity index (χ1v) is 19.3. The van der Waals surface area contributed by atoms with E-state index in [-0.39, 0.29) is 6.10 Å². The van der Waals surface area contributed by atoms with Crippen LogP contribution in [0.5, 0.6) is 0 Å². The molecule has 0 spiro atoms. The fourth-order valence-electron chi connectivity index (χ4n) is 8.34. The molecule has 9 rings (SSSR count). The molecule has 1 aliphatic heterocycles. The largest absolute Gasteiger partial charge is 0.377 e. The third-order valence-corrected chi connectivity index (χ3v) is 10.9. The van der Waals surface area contributed by atoms with Gasteiger partial charge in [0.05, 0.1) is 78.8 Å². The lowest BCUT2D eigenvalue weighted by Crippen LogP contribution is -2.37. The Hall–Kier alpha value is -4.44. The summed E-state index contributed by atoms with van der Waals surface area (Å²) in [4.78, 5) is 2.54. The Labute approximate surface area is 315 Å². The van der Waals surface area contributed by atoms with Gasteiger partial charge in [-0.15, -0.1) is 0 Å². The zero-order valence-electron chi connectivity index (χ0n) is 30.8. The van der Waals surface area contributed by atoms with Crippen molar-refractivity contribution in [3.63, 3.8) is 0 Å². The van der Waals surface area contributed by atoms with Gasteiger partial charge >= 0.3 is 0 Å². The van der Waals surface area contributed by atoms with Crippen LogP contribution in [0.25, 0.3) is 64.6 Å². The summed E-state index contributed by atoms with van der Waals surface area (Å²) in [5, 5.41) is 15.6. The van der Waals surface area contributed by atoms with Crippen molar-refractivity contribution in [2.75, 3.05) is 79.2 Å². The van der Waals surface area contributed by atoms with Crippen LogP contribution in [-0.4, -0.2) is 90.2 Å². The second-order valence-corrected chi connectivity index (χ2v) is 14.3. The molecule has 1 saturated heterocycles. The first-order chi connectivity index (χ1) is 26.8. The molecule has 7 heteroatoms. The molecule has 0 amide bonds. The molecule has 0 N–H and O–H groups in total. The number of hydrogen-bond donors (Lipinski definition) is 0. The fraction of sp³-hybridized carbons (Fsp3) is 0.319. The first-order valence-electron chi connectivity index (χ1n) is 19.3. The second-order valence-electron chi connectivity index (χ2n) is 14.3. The van der Waals surface area contributed by atoms with E-state index in [0.717, 1.165) is 13.1 Å². The zero-order valence-corrected chi connectivity index (χ0v) is 30.8. The molecule has 1 unspecified atom stereocenters. The molecule has 8 aromatic carbocycles. The van der Waals surface area contributed by atoms with Gasteiger partial charge in [-0.25, -0.2) is 0 Å². The maximum Gasteiger partial charge on any atom is 0.0936 e. The van der Waals surface area contributed by atoms with Crippen LogP contribution < -0.4 is 0 Å². The highest BCUT2D eigenvalue weighted by Crippen LogP contribution is 2.38. The predicted molar refractivity (Wildman–Crippen MR) is 218 cm³/mol. The minimum Gasteiger partial charge on any atom is -0.377 e. The van der Waals surface area contributed by atoms with E-state index in [0.29, 0.717) is 79.2 Å². The van der Waals surface area contributed by atoms with E-state index < -0.39 is 0 Å². The summed E-state index contributed by atoms with van der Waals surface area (Å²) in [6, 6.07) is 40.6. The van der Waals surface area contributed by atoms with Gasteiger partial charge < -0.3 is 28.4 Å². The lowest BCUT2D eigenvalue weighted by molar-refractivity contribution is -0.0694. The average Bonchev–Trinajstić information content (AvgIpc) is 3.20. The first kappa shape index (κ1) is 35.3. The maximum absolute atomic E-state index is 6.56. The highest BCUT2D eigenvalue weighted by Gasteiger charge is 2.21. The summed E-state index contributed by atoms with van der Waals surface area (Å²) < 4.78 is 35.7. The molecule has 1 heterocycles. The molecule has 54 heavy (non-hydrogen) atoms. The van der Waals surface area contributed by atoms with Gasteiger partial charge in [0.25, 0.3) is 0 Å². The number of ether oxygens (including phenoxy) is 6. The number of benzene rings is 8. The van der Waals surface area contributed by atoms with Gasteiger partial charge in [-0.3, -0.25) is 4.90 Å². The summed E-state index contributed by atoms with van der Waals surface area (Å²) in [7, 11) is 0. The fourth-order valence-corrected chi connectivity index (χ4v) is 8.34. The van der Waals surface area contributed by atoms with E-state index in [2.05, 4.69) is 114 Å². The lowest BCUT2D eigenvalue weighted by atomic mass is 9.91. The normalized spacial score (nSPS) is 18.1. The summed E-state index contributed by atoms with van der Waals surface area (Å²) in [5.74, 6) is 0. The van der Waals surface area contributed by atoms with Gasteiger partial charge in [0.1, 0.15) is 0 Å². The molecule has 0 saturated carbocycles. The molecule has 0 bridgehead atoms. The SMILES string of the molecule is c1cc2ccc3ccc(CN(Cc4ccc5ccc6cccc7ccc4c5c67)CC4COCCOCCOCCOCCOCCO4)c4ccc(c1)c2c34. The van der Waals surface area contributed by atoms with E-state index >= 15 is 0 Å². The van der Waals surface area contributed by atoms with Crippen LogP contribution in [0.2, 0.25) is 0 Å². The van der Waals surface area contributed by atoms with Crippen molar-refractivity contribution in [1.82, 2.24) is 4.90 Å². The van der Waals surface area contributed by atoms with Crippen LogP contribution in [0, 0.1) is 0 Å². The summed E-state index contributed by atoms with van der Waals surface area (Å²) in [6.45, 7) is 7.80. The molecular weight excluding hydrogens is 675 g/mol. The molecule has 1 aliphatic rings. The van der Waals surface area contributed by atoms with Crippen LogP contribution in [0.15, 0.2) is 109 Å². The third kappa shape index (κ3) is 7.46. The van der Waals surface area contributed by atoms with Gasteiger partial charge in [-0.1, -0.05) is 109 Å². The Morgan fingerprint density at radius 3 is 1.22 bits per heavy atom. The van der Waals surface area contributed by atoms with Crippen molar-refractivity contribution in [2.45, 2.75) is 19.2 Å². The molecule has 0 aromatic heterocycles. The number of hydrogen-bond acceptors (Lipinski definition) is 7. The summed E-state index contributed by atoms with van der Waals surface area (Å²) in [6.07, 6.45) is -0.174. The molecule has 1 fully saturated rings. The molecule has 1 atom stereocenters. The van der Waals surface area contributed by atoms with Gasteiger partial charge in [0, 0.05) is 19.6 Å². The number of nitrogens with zero attached hydrogens (tertiary/aromatic N) is 1. The molecule has 7 nitrogen and oxygen atoms in total. The molecule has 0 radical (unpaired) electrons. The highest BCUT2D eigenvalue weighted by molar-refractivity contribution is 6.24. The second kappa shape index (κ2) is 16.5. The lowest BCUT2D eigenvalue weighted by Gasteiger charge is -2.29. The van der Waals surface area contributed by atoms with Gasteiger partial charge in [-0.2, -0.15) is 0 Å². The van der Waals surface area contributed by atoms with E-state index in [4.69, 9.17) is 28.4 Å². The van der Waals surface area contributed by atoms with Gasteiger partial charge in [0.2, 0.25) is 0 Å². The van der Waals surface area contributed by atoms with Crippen molar-refractivity contribution in [1.29, 1.82) is 0 Å². The quantitative estimate of drug-likeness (QED) is 0.159. The van der Waals surface area contributed by atoms with Crippen LogP contribution in [0.4, 0.5) is 0 Å². The number of rotatable bonds is 6. The molecule has 276 valence electrons. The Morgan fingerprint density at radius 1 is 0.389 bits per heavy atom. The Kier molecular flexibility index (Phi) is 10.8. The smallest absolute Gasteiger partial charge is 0.0936 e. The standard InChI is InChI=1S/C47H47NO6/c1-3-33-7-9-37-11-13-39(42-17-15-35(5-1)44(33)46(37)42)29-48(31-41-32-53-26-25-51-22-21-49-19-20-50-23-24-52-27-28-54-41)30-40-14-12-38-10-8-34-4-2-6-36-16-18-43(40)47(38)45(34)36/h1-18,41H,19-32H2. The van der Waals surface area contributed by atoms with E-state index in [1.807, 2.05) is 0 Å². The van der Waals surface area contributed by atoms with Crippen LogP contribution >= 0.6 is 0 Å². The van der Waals surface area contributed by atoms with E-state index in [9.17, 15) is 0 Å². The van der Waals surface area contributed by atoms with E-state index in [1.54, 1.807) is 0 Å². The predicted octanol–water partition coefficient (Wildman–Crippen LogP) is 8.97. The van der Waals surface area contributed by atoms with Gasteiger partial charge in [-0.05, 0) is 75.8 Å².